The van der Waals surface area contributed by atoms with Crippen molar-refractivity contribution in [2.24, 2.45) is 0 Å². The van der Waals surface area contributed by atoms with Gasteiger partial charge in [0.05, 0.1) is 4.92 Å². The summed E-state index contributed by atoms with van der Waals surface area (Å²) < 4.78 is 40.6. The van der Waals surface area contributed by atoms with E-state index >= 15 is 0 Å². The molecule has 0 spiro atoms. The second kappa shape index (κ2) is 6.68. The minimum atomic E-state index is -4.24. The third kappa shape index (κ3) is 3.32. The molecule has 1 aromatic rings. The number of hydrogen-bond acceptors (Lipinski definition) is 5. The van der Waals surface area contributed by atoms with Crippen molar-refractivity contribution in [3.05, 3.63) is 34.1 Å². The number of hydrogen-bond donors (Lipinski definition) is 1. The Bertz CT molecular complexity index is 715. The highest BCUT2D eigenvalue weighted by atomic mass is 35.5. The van der Waals surface area contributed by atoms with E-state index in [4.69, 9.17) is 0 Å². The van der Waals surface area contributed by atoms with Gasteiger partial charge in [0.1, 0.15) is 5.82 Å². The monoisotopic (exact) mass is 365 g/mol. The highest BCUT2D eigenvalue weighted by molar-refractivity contribution is 7.89. The Kier molecular flexibility index (Phi) is 5.24. The topological polar surface area (TPSA) is 92.5 Å². The lowest BCUT2D eigenvalue weighted by Crippen LogP contribution is -2.39. The van der Waals surface area contributed by atoms with Gasteiger partial charge in [-0.05, 0) is 25.3 Å². The van der Waals surface area contributed by atoms with Gasteiger partial charge in [0.15, 0.2) is 4.90 Å². The summed E-state index contributed by atoms with van der Waals surface area (Å²) in [6.07, 6.45) is 2.48. The molecule has 2 atom stereocenters. The summed E-state index contributed by atoms with van der Waals surface area (Å²) in [6.45, 7) is 0.451. The maximum Gasteiger partial charge on any atom is 0.292 e. The van der Waals surface area contributed by atoms with Crippen molar-refractivity contribution >= 4 is 28.1 Å². The molecule has 0 saturated carbocycles. The van der Waals surface area contributed by atoms with Crippen LogP contribution in [0.3, 0.4) is 0 Å². The van der Waals surface area contributed by atoms with Gasteiger partial charge >= 0.3 is 0 Å². The molecule has 10 heteroatoms. The number of benzene rings is 1. The van der Waals surface area contributed by atoms with E-state index in [1.165, 1.54) is 0 Å². The van der Waals surface area contributed by atoms with Gasteiger partial charge in [-0.1, -0.05) is 6.07 Å². The summed E-state index contributed by atoms with van der Waals surface area (Å²) in [7, 11) is -4.24. The lowest BCUT2D eigenvalue weighted by Gasteiger charge is -2.23. The van der Waals surface area contributed by atoms with Gasteiger partial charge in [0, 0.05) is 31.2 Å². The van der Waals surface area contributed by atoms with Crippen molar-refractivity contribution in [1.29, 1.82) is 0 Å². The van der Waals surface area contributed by atoms with E-state index in [0.717, 1.165) is 35.3 Å². The van der Waals surface area contributed by atoms with Gasteiger partial charge < -0.3 is 5.32 Å². The van der Waals surface area contributed by atoms with E-state index in [1.807, 2.05) is 0 Å². The zero-order valence-corrected chi connectivity index (χ0v) is 13.8. The summed E-state index contributed by atoms with van der Waals surface area (Å²) in [4.78, 5) is 9.34. The first-order valence-corrected chi connectivity index (χ1v) is 8.52. The third-order valence-corrected chi connectivity index (χ3v) is 6.16. The fraction of sp³-hybridized carbons (Fsp3) is 0.538. The summed E-state index contributed by atoms with van der Waals surface area (Å²) in [5.41, 5.74) is -0.720. The van der Waals surface area contributed by atoms with Gasteiger partial charge in [0.2, 0.25) is 0 Å². The first-order valence-electron chi connectivity index (χ1n) is 7.08. The van der Waals surface area contributed by atoms with Gasteiger partial charge in [-0.25, -0.2) is 12.8 Å². The molecular weight excluding hydrogens is 349 g/mol. The average Bonchev–Trinajstić information content (AvgIpc) is 2.76. The molecule has 2 aliphatic rings. The van der Waals surface area contributed by atoms with Gasteiger partial charge in [-0.15, -0.1) is 12.4 Å². The molecule has 2 unspecified atom stereocenters. The highest BCUT2D eigenvalue weighted by Crippen LogP contribution is 2.31. The number of nitro benzene ring substituents is 1. The van der Waals surface area contributed by atoms with Crippen molar-refractivity contribution in [1.82, 2.24) is 9.62 Å². The molecule has 2 saturated heterocycles. The third-order valence-electron chi connectivity index (χ3n) is 4.23. The molecule has 23 heavy (non-hydrogen) atoms. The van der Waals surface area contributed by atoms with Crippen LogP contribution < -0.4 is 5.32 Å². The number of sulfonamides is 1. The minimum absolute atomic E-state index is 0. The summed E-state index contributed by atoms with van der Waals surface area (Å²) in [5, 5.41) is 14.4. The van der Waals surface area contributed by atoms with Crippen LogP contribution in [0.15, 0.2) is 23.1 Å². The van der Waals surface area contributed by atoms with Gasteiger partial charge in [-0.3, -0.25) is 10.1 Å². The molecule has 2 aliphatic heterocycles. The second-order valence-electron chi connectivity index (χ2n) is 5.63. The smallest absolute Gasteiger partial charge is 0.292 e. The van der Waals surface area contributed by atoms with Crippen LogP contribution in [0.4, 0.5) is 10.1 Å². The van der Waals surface area contributed by atoms with Crippen LogP contribution in [0.25, 0.3) is 0 Å². The molecule has 1 aromatic carbocycles. The average molecular weight is 366 g/mol. The molecule has 1 N–H and O–H groups in total. The molecule has 2 heterocycles. The number of nitrogens with zero attached hydrogens (tertiary/aromatic N) is 2. The Morgan fingerprint density at radius 1 is 1.26 bits per heavy atom. The molecule has 0 aromatic heterocycles. The molecule has 2 bridgehead atoms. The van der Waals surface area contributed by atoms with E-state index < -0.39 is 31.3 Å². The predicted octanol–water partition coefficient (Wildman–Crippen LogP) is 1.67. The van der Waals surface area contributed by atoms with Crippen LogP contribution in [-0.4, -0.2) is 42.8 Å². The van der Waals surface area contributed by atoms with Crippen LogP contribution in [-0.2, 0) is 10.0 Å². The Hall–Kier alpha value is -1.29. The normalized spacial score (nSPS) is 24.7. The number of fused-ring (bicyclic) bond motifs is 2. The number of nitro groups is 1. The zero-order valence-electron chi connectivity index (χ0n) is 12.1. The minimum Gasteiger partial charge on any atom is -0.310 e. The molecule has 0 amide bonds. The Morgan fingerprint density at radius 3 is 2.65 bits per heavy atom. The van der Waals surface area contributed by atoms with Crippen molar-refractivity contribution in [2.45, 2.75) is 36.2 Å². The molecule has 0 aliphatic carbocycles. The quantitative estimate of drug-likeness (QED) is 0.649. The van der Waals surface area contributed by atoms with E-state index in [0.29, 0.717) is 6.42 Å². The second-order valence-corrected chi connectivity index (χ2v) is 7.51. The van der Waals surface area contributed by atoms with Crippen LogP contribution in [0, 0.1) is 15.9 Å². The van der Waals surface area contributed by atoms with Crippen LogP contribution in [0.1, 0.15) is 19.3 Å². The Balaban J connectivity index is 0.00000192. The van der Waals surface area contributed by atoms with E-state index in [9.17, 15) is 22.9 Å². The number of rotatable bonds is 3. The van der Waals surface area contributed by atoms with E-state index in [1.54, 1.807) is 0 Å². The maximum absolute atomic E-state index is 14.0. The first-order chi connectivity index (χ1) is 10.4. The molecule has 3 rings (SSSR count). The highest BCUT2D eigenvalue weighted by Gasteiger charge is 2.39. The molecule has 128 valence electrons. The lowest BCUT2D eigenvalue weighted by atomic mass is 10.1. The fourth-order valence-electron chi connectivity index (χ4n) is 3.15. The van der Waals surface area contributed by atoms with Crippen molar-refractivity contribution in [3.8, 4) is 0 Å². The molecular formula is C13H17ClFN3O4S. The van der Waals surface area contributed by atoms with E-state index in [2.05, 4.69) is 5.32 Å². The maximum atomic E-state index is 14.0. The van der Waals surface area contributed by atoms with Crippen LogP contribution in [0.2, 0.25) is 0 Å². The van der Waals surface area contributed by atoms with Crippen molar-refractivity contribution in [2.75, 3.05) is 13.1 Å². The van der Waals surface area contributed by atoms with E-state index in [-0.39, 0.29) is 37.6 Å². The fourth-order valence-corrected chi connectivity index (χ4v) is 4.86. The molecule has 0 radical (unpaired) electrons. The summed E-state index contributed by atoms with van der Waals surface area (Å²) in [6, 6.07) is 3.37. The Morgan fingerprint density at radius 2 is 1.96 bits per heavy atom. The number of halogens is 2. The Labute approximate surface area is 139 Å². The SMILES string of the molecule is Cl.O=[N+]([O-])c1cccc(F)c1S(=O)(=O)N1CCC2CCC(C1)N2. The standard InChI is InChI=1S/C13H16FN3O4S.ClH/c14-11-2-1-3-12(17(18)19)13(11)22(20,21)16-7-6-9-4-5-10(8-16)15-9;/h1-3,9-10,15H,4-8H2;1H. The predicted molar refractivity (Wildman–Crippen MR) is 83.6 cm³/mol. The first kappa shape index (κ1) is 18.1. The lowest BCUT2D eigenvalue weighted by molar-refractivity contribution is -0.388. The molecule has 7 nitrogen and oxygen atoms in total. The van der Waals surface area contributed by atoms with Crippen LogP contribution in [0.5, 0.6) is 0 Å². The number of nitrogens with one attached hydrogen (secondary N) is 1. The van der Waals surface area contributed by atoms with Crippen molar-refractivity contribution < 1.29 is 17.7 Å². The van der Waals surface area contributed by atoms with Crippen LogP contribution >= 0.6 is 12.4 Å². The van der Waals surface area contributed by atoms with Crippen molar-refractivity contribution in [3.63, 3.8) is 0 Å². The summed E-state index contributed by atoms with van der Waals surface area (Å²) in [5.74, 6) is -1.09. The zero-order chi connectivity index (χ0) is 15.9. The largest absolute Gasteiger partial charge is 0.310 e. The summed E-state index contributed by atoms with van der Waals surface area (Å²) >= 11 is 0. The van der Waals surface area contributed by atoms with Gasteiger partial charge in [0.25, 0.3) is 15.7 Å². The molecule has 2 fully saturated rings. The van der Waals surface area contributed by atoms with Gasteiger partial charge in [-0.2, -0.15) is 4.31 Å².